The Bertz CT molecular complexity index is 940. The van der Waals surface area contributed by atoms with Gasteiger partial charge in [0.15, 0.2) is 0 Å². The Balaban J connectivity index is 1.32. The third kappa shape index (κ3) is 4.09. The van der Waals surface area contributed by atoms with Crippen LogP contribution in [0.2, 0.25) is 0 Å². The summed E-state index contributed by atoms with van der Waals surface area (Å²) in [4.78, 5) is 26.4. The third-order valence-electron chi connectivity index (χ3n) is 4.74. The van der Waals surface area contributed by atoms with Gasteiger partial charge in [0, 0.05) is 25.1 Å². The second-order valence-corrected chi connectivity index (χ2v) is 6.67. The van der Waals surface area contributed by atoms with Crippen molar-refractivity contribution in [2.45, 2.75) is 12.8 Å². The zero-order chi connectivity index (χ0) is 19.3. The number of esters is 1. The van der Waals surface area contributed by atoms with Crippen molar-refractivity contribution in [1.29, 1.82) is 0 Å². The molecule has 1 fully saturated rings. The van der Waals surface area contributed by atoms with Gasteiger partial charge in [-0.1, -0.05) is 30.3 Å². The van der Waals surface area contributed by atoms with Crippen molar-refractivity contribution < 1.29 is 18.7 Å². The van der Waals surface area contributed by atoms with Crippen LogP contribution < -0.4 is 4.74 Å². The lowest BCUT2D eigenvalue weighted by molar-refractivity contribution is -0.139. The van der Waals surface area contributed by atoms with Crippen LogP contribution in [-0.2, 0) is 16.0 Å². The minimum absolute atomic E-state index is 0.00961. The Labute approximate surface area is 161 Å². The summed E-state index contributed by atoms with van der Waals surface area (Å²) >= 11 is 0. The summed E-state index contributed by atoms with van der Waals surface area (Å²) in [5.74, 6) is -0.0265. The Hall–Kier alpha value is -3.48. The van der Waals surface area contributed by atoms with Crippen molar-refractivity contribution in [3.05, 3.63) is 66.6 Å². The van der Waals surface area contributed by atoms with E-state index in [1.54, 1.807) is 29.2 Å². The first-order valence-electron chi connectivity index (χ1n) is 9.09. The van der Waals surface area contributed by atoms with Crippen LogP contribution in [0.15, 0.2) is 65.4 Å². The van der Waals surface area contributed by atoms with Crippen LogP contribution in [0.4, 0.5) is 0 Å². The van der Waals surface area contributed by atoms with Crippen LogP contribution in [-0.4, -0.2) is 40.1 Å². The molecule has 0 radical (unpaired) electrons. The lowest BCUT2D eigenvalue weighted by atomic mass is 10.1. The van der Waals surface area contributed by atoms with Crippen LogP contribution in [0.1, 0.15) is 12.0 Å². The summed E-state index contributed by atoms with van der Waals surface area (Å²) in [5, 5.41) is 7.46. The molecule has 4 rings (SSSR count). The molecule has 1 saturated heterocycles. The van der Waals surface area contributed by atoms with E-state index in [1.807, 2.05) is 30.3 Å². The number of rotatable bonds is 6. The molecule has 1 aliphatic heterocycles. The Morgan fingerprint density at radius 2 is 1.93 bits per heavy atom. The second kappa shape index (κ2) is 8.04. The van der Waals surface area contributed by atoms with Crippen molar-refractivity contribution in [3.63, 3.8) is 0 Å². The van der Waals surface area contributed by atoms with Crippen molar-refractivity contribution in [3.8, 4) is 17.2 Å². The van der Waals surface area contributed by atoms with Gasteiger partial charge in [-0.05, 0) is 36.2 Å². The molecule has 142 valence electrons. The smallest absolute Gasteiger partial charge is 0.316 e. The van der Waals surface area contributed by atoms with E-state index in [0.717, 1.165) is 12.0 Å². The van der Waals surface area contributed by atoms with E-state index >= 15 is 0 Å². The fraction of sp³-hybridized carbons (Fsp3) is 0.238. The van der Waals surface area contributed by atoms with Crippen molar-refractivity contribution in [1.82, 2.24) is 15.1 Å². The SMILES string of the molecule is O=C(Oc1ccc(-c2nnco2)cc1)[C@@H]1CC(=O)N(CCc2ccccc2)C1. The number of nitrogens with zero attached hydrogens (tertiary/aromatic N) is 3. The molecule has 7 nitrogen and oxygen atoms in total. The van der Waals surface area contributed by atoms with Gasteiger partial charge in [-0.15, -0.1) is 10.2 Å². The first kappa shape index (κ1) is 17.9. The fourth-order valence-electron chi connectivity index (χ4n) is 3.22. The highest BCUT2D eigenvalue weighted by atomic mass is 16.5. The summed E-state index contributed by atoms with van der Waals surface area (Å²) < 4.78 is 10.6. The molecule has 7 heteroatoms. The number of hydrogen-bond acceptors (Lipinski definition) is 6. The van der Waals surface area contributed by atoms with Gasteiger partial charge in [-0.25, -0.2) is 0 Å². The first-order chi connectivity index (χ1) is 13.7. The number of hydrogen-bond donors (Lipinski definition) is 0. The van der Waals surface area contributed by atoms with E-state index in [4.69, 9.17) is 9.15 Å². The topological polar surface area (TPSA) is 85.5 Å². The van der Waals surface area contributed by atoms with E-state index in [-0.39, 0.29) is 18.3 Å². The van der Waals surface area contributed by atoms with Gasteiger partial charge < -0.3 is 14.1 Å². The Morgan fingerprint density at radius 3 is 2.64 bits per heavy atom. The number of aromatic nitrogens is 2. The fourth-order valence-corrected chi connectivity index (χ4v) is 3.22. The molecule has 0 N–H and O–H groups in total. The molecule has 0 bridgehead atoms. The van der Waals surface area contributed by atoms with Crippen LogP contribution in [0.5, 0.6) is 5.75 Å². The zero-order valence-corrected chi connectivity index (χ0v) is 15.2. The molecule has 1 atom stereocenters. The lowest BCUT2D eigenvalue weighted by Crippen LogP contribution is -2.29. The number of carbonyl (C=O) groups is 2. The summed E-state index contributed by atoms with van der Waals surface area (Å²) in [6.45, 7) is 0.996. The Morgan fingerprint density at radius 1 is 1.14 bits per heavy atom. The van der Waals surface area contributed by atoms with E-state index < -0.39 is 5.92 Å². The Kier molecular flexibility index (Phi) is 5.14. The maximum atomic E-state index is 12.5. The molecule has 2 heterocycles. The molecule has 1 aliphatic rings. The second-order valence-electron chi connectivity index (χ2n) is 6.67. The van der Waals surface area contributed by atoms with Gasteiger partial charge in [0.1, 0.15) is 5.75 Å². The van der Waals surface area contributed by atoms with Crippen molar-refractivity contribution >= 4 is 11.9 Å². The minimum Gasteiger partial charge on any atom is -0.426 e. The highest BCUT2D eigenvalue weighted by Crippen LogP contribution is 2.24. The molecular weight excluding hydrogens is 358 g/mol. The van der Waals surface area contributed by atoms with E-state index in [0.29, 0.717) is 24.7 Å². The average molecular weight is 377 g/mol. The molecule has 0 saturated carbocycles. The maximum absolute atomic E-state index is 12.5. The molecule has 2 aromatic carbocycles. The van der Waals surface area contributed by atoms with E-state index in [1.165, 1.54) is 12.0 Å². The normalized spacial score (nSPS) is 16.4. The standard InChI is InChI=1S/C21H19N3O4/c25-19-12-17(13-24(19)11-10-15-4-2-1-3-5-15)21(26)28-18-8-6-16(7-9-18)20-23-22-14-27-20/h1-9,14,17H,10-13H2/t17-/m1/s1. The van der Waals surface area contributed by atoms with E-state index in [2.05, 4.69) is 10.2 Å². The van der Waals surface area contributed by atoms with E-state index in [9.17, 15) is 9.59 Å². The summed E-state index contributed by atoms with van der Waals surface area (Å²) in [5.41, 5.74) is 1.91. The highest BCUT2D eigenvalue weighted by Gasteiger charge is 2.35. The zero-order valence-electron chi connectivity index (χ0n) is 15.2. The van der Waals surface area contributed by atoms with Crippen molar-refractivity contribution in [2.75, 3.05) is 13.1 Å². The predicted molar refractivity (Wildman–Crippen MR) is 100 cm³/mol. The van der Waals surface area contributed by atoms with Crippen molar-refractivity contribution in [2.24, 2.45) is 5.92 Å². The number of benzene rings is 2. The molecule has 0 unspecified atom stereocenters. The average Bonchev–Trinajstić information content (AvgIpc) is 3.38. The monoisotopic (exact) mass is 377 g/mol. The maximum Gasteiger partial charge on any atom is 0.316 e. The molecule has 3 aromatic rings. The number of likely N-dealkylation sites (tertiary alicyclic amines) is 1. The van der Waals surface area contributed by atoms with Gasteiger partial charge in [0.25, 0.3) is 0 Å². The number of ether oxygens (including phenoxy) is 1. The quantitative estimate of drug-likeness (QED) is 0.485. The van der Waals surface area contributed by atoms with Crippen LogP contribution >= 0.6 is 0 Å². The number of amides is 1. The van der Waals surface area contributed by atoms with Gasteiger partial charge in [-0.2, -0.15) is 0 Å². The number of carbonyl (C=O) groups excluding carboxylic acids is 2. The molecule has 28 heavy (non-hydrogen) atoms. The largest absolute Gasteiger partial charge is 0.426 e. The van der Waals surface area contributed by atoms with Crippen LogP contribution in [0, 0.1) is 5.92 Å². The first-order valence-corrected chi connectivity index (χ1v) is 9.09. The molecule has 1 aromatic heterocycles. The van der Waals surface area contributed by atoms with Crippen LogP contribution in [0.25, 0.3) is 11.5 Å². The third-order valence-corrected chi connectivity index (χ3v) is 4.74. The highest BCUT2D eigenvalue weighted by molar-refractivity contribution is 5.87. The summed E-state index contributed by atoms with van der Waals surface area (Å²) in [6.07, 6.45) is 2.21. The predicted octanol–water partition coefficient (Wildman–Crippen LogP) is 2.73. The molecular formula is C21H19N3O4. The summed E-state index contributed by atoms with van der Waals surface area (Å²) in [6, 6.07) is 16.8. The van der Waals surface area contributed by atoms with Gasteiger partial charge in [0.2, 0.25) is 18.2 Å². The van der Waals surface area contributed by atoms with Gasteiger partial charge in [0.05, 0.1) is 5.92 Å². The molecule has 0 spiro atoms. The van der Waals surface area contributed by atoms with Gasteiger partial charge >= 0.3 is 5.97 Å². The molecule has 1 amide bonds. The van der Waals surface area contributed by atoms with Crippen LogP contribution in [0.3, 0.4) is 0 Å². The summed E-state index contributed by atoms with van der Waals surface area (Å²) in [7, 11) is 0. The minimum atomic E-state index is -0.445. The molecule has 0 aliphatic carbocycles. The van der Waals surface area contributed by atoms with Gasteiger partial charge in [-0.3, -0.25) is 9.59 Å². The lowest BCUT2D eigenvalue weighted by Gasteiger charge is -2.16.